The predicted molar refractivity (Wildman–Crippen MR) is 89.9 cm³/mol. The van der Waals surface area contributed by atoms with Gasteiger partial charge in [-0.15, -0.1) is 0 Å². The highest BCUT2D eigenvalue weighted by atomic mass is 16.5. The van der Waals surface area contributed by atoms with Crippen LogP contribution in [0.15, 0.2) is 42.7 Å². The molecule has 0 N–H and O–H groups in total. The first kappa shape index (κ1) is 16.5. The highest BCUT2D eigenvalue weighted by molar-refractivity contribution is 5.78. The molecule has 0 saturated carbocycles. The van der Waals surface area contributed by atoms with Gasteiger partial charge >= 0.3 is 0 Å². The fourth-order valence-corrected chi connectivity index (χ4v) is 2.88. The third kappa shape index (κ3) is 4.35. The summed E-state index contributed by atoms with van der Waals surface area (Å²) in [4.78, 5) is 14.5. The van der Waals surface area contributed by atoms with Crippen LogP contribution < -0.4 is 4.74 Å². The molecule has 1 fully saturated rings. The first-order valence-electron chi connectivity index (χ1n) is 8.24. The normalized spacial score (nSPS) is 18.2. The Bertz CT molecular complexity index is 640. The summed E-state index contributed by atoms with van der Waals surface area (Å²) in [5, 5.41) is 4.22. The number of amides is 1. The first-order valence-corrected chi connectivity index (χ1v) is 8.24. The molecule has 1 atom stereocenters. The van der Waals surface area contributed by atoms with Gasteiger partial charge in [0.25, 0.3) is 0 Å². The van der Waals surface area contributed by atoms with E-state index in [2.05, 4.69) is 5.10 Å². The second-order valence-corrected chi connectivity index (χ2v) is 5.94. The number of aromatic nitrogens is 2. The van der Waals surface area contributed by atoms with Gasteiger partial charge in [-0.1, -0.05) is 12.1 Å². The minimum atomic E-state index is -0.0211. The molecule has 1 unspecified atom stereocenters. The molecule has 0 bridgehead atoms. The monoisotopic (exact) mass is 329 g/mol. The summed E-state index contributed by atoms with van der Waals surface area (Å²) in [5.41, 5.74) is 0.995. The van der Waals surface area contributed by atoms with Crippen LogP contribution in [0.25, 0.3) is 0 Å². The predicted octanol–water partition coefficient (Wildman–Crippen LogP) is 1.75. The molecule has 1 saturated heterocycles. The maximum atomic E-state index is 12.6. The SMILES string of the molecule is COc1ccc(CC(=O)N2CCCOC(Cn3cccn3)C2)cc1. The maximum absolute atomic E-state index is 12.6. The van der Waals surface area contributed by atoms with Crippen molar-refractivity contribution in [1.82, 2.24) is 14.7 Å². The van der Waals surface area contributed by atoms with Gasteiger partial charge in [0.2, 0.25) is 5.91 Å². The minimum Gasteiger partial charge on any atom is -0.497 e. The standard InChI is InChI=1S/C18H23N3O3/c1-23-16-6-4-15(5-7-16)12-18(22)20-9-3-11-24-17(13-20)14-21-10-2-8-19-21/h2,4-8,10,17H,3,9,11-14H2,1H3. The fourth-order valence-electron chi connectivity index (χ4n) is 2.88. The summed E-state index contributed by atoms with van der Waals surface area (Å²) in [6.07, 6.45) is 4.91. The lowest BCUT2D eigenvalue weighted by Gasteiger charge is -2.24. The molecule has 6 heteroatoms. The lowest BCUT2D eigenvalue weighted by molar-refractivity contribution is -0.131. The van der Waals surface area contributed by atoms with Crippen molar-refractivity contribution < 1.29 is 14.3 Å². The maximum Gasteiger partial charge on any atom is 0.227 e. The van der Waals surface area contributed by atoms with Crippen molar-refractivity contribution in [2.45, 2.75) is 25.5 Å². The van der Waals surface area contributed by atoms with Crippen LogP contribution in [0.2, 0.25) is 0 Å². The highest BCUT2D eigenvalue weighted by Gasteiger charge is 2.23. The Morgan fingerprint density at radius 1 is 1.38 bits per heavy atom. The minimum absolute atomic E-state index is 0.0211. The van der Waals surface area contributed by atoms with E-state index in [4.69, 9.17) is 9.47 Å². The molecule has 1 aliphatic rings. The van der Waals surface area contributed by atoms with Crippen LogP contribution in [0.5, 0.6) is 5.75 Å². The van der Waals surface area contributed by atoms with Crippen LogP contribution in [0.3, 0.4) is 0 Å². The average molecular weight is 329 g/mol. The summed E-state index contributed by atoms with van der Waals surface area (Å²) in [7, 11) is 1.64. The molecule has 0 aliphatic carbocycles. The molecule has 1 amide bonds. The molecule has 1 aliphatic heterocycles. The van der Waals surface area contributed by atoms with Gasteiger partial charge in [-0.3, -0.25) is 9.48 Å². The summed E-state index contributed by atoms with van der Waals surface area (Å²) >= 11 is 0. The van der Waals surface area contributed by atoms with Crippen molar-refractivity contribution in [3.8, 4) is 5.75 Å². The molecule has 0 radical (unpaired) electrons. The molecule has 24 heavy (non-hydrogen) atoms. The number of carbonyl (C=O) groups excluding carboxylic acids is 1. The number of ether oxygens (including phenoxy) is 2. The second kappa shape index (κ2) is 7.97. The zero-order valence-electron chi connectivity index (χ0n) is 13.9. The Morgan fingerprint density at radius 2 is 2.21 bits per heavy atom. The summed E-state index contributed by atoms with van der Waals surface area (Å²) in [6.45, 7) is 2.69. The third-order valence-electron chi connectivity index (χ3n) is 4.17. The topological polar surface area (TPSA) is 56.6 Å². The summed E-state index contributed by atoms with van der Waals surface area (Å²) in [5.74, 6) is 0.935. The second-order valence-electron chi connectivity index (χ2n) is 5.94. The largest absolute Gasteiger partial charge is 0.497 e. The van der Waals surface area contributed by atoms with E-state index in [-0.39, 0.29) is 12.0 Å². The van der Waals surface area contributed by atoms with Crippen molar-refractivity contribution in [2.24, 2.45) is 0 Å². The van der Waals surface area contributed by atoms with Crippen LogP contribution in [0, 0.1) is 0 Å². The Hall–Kier alpha value is -2.34. The third-order valence-corrected chi connectivity index (χ3v) is 4.17. The zero-order valence-corrected chi connectivity index (χ0v) is 13.9. The van der Waals surface area contributed by atoms with Gasteiger partial charge in [-0.2, -0.15) is 5.10 Å². The zero-order chi connectivity index (χ0) is 16.8. The van der Waals surface area contributed by atoms with E-state index in [1.54, 1.807) is 13.3 Å². The molecule has 128 valence electrons. The number of hydrogen-bond donors (Lipinski definition) is 0. The smallest absolute Gasteiger partial charge is 0.227 e. The Kier molecular flexibility index (Phi) is 5.48. The van der Waals surface area contributed by atoms with E-state index in [1.807, 2.05) is 46.1 Å². The van der Waals surface area contributed by atoms with Crippen LogP contribution in [0.4, 0.5) is 0 Å². The van der Waals surface area contributed by atoms with E-state index >= 15 is 0 Å². The number of rotatable bonds is 5. The number of benzene rings is 1. The summed E-state index contributed by atoms with van der Waals surface area (Å²) in [6, 6.07) is 9.53. The van der Waals surface area contributed by atoms with Crippen LogP contribution >= 0.6 is 0 Å². The van der Waals surface area contributed by atoms with E-state index in [0.29, 0.717) is 26.1 Å². The van der Waals surface area contributed by atoms with Gasteiger partial charge in [0.15, 0.2) is 0 Å². The van der Waals surface area contributed by atoms with Crippen LogP contribution in [-0.2, 0) is 22.5 Å². The lowest BCUT2D eigenvalue weighted by Crippen LogP contribution is -2.39. The van der Waals surface area contributed by atoms with Gasteiger partial charge in [0.1, 0.15) is 5.75 Å². The number of nitrogens with zero attached hydrogens (tertiary/aromatic N) is 3. The van der Waals surface area contributed by atoms with Crippen molar-refractivity contribution in [1.29, 1.82) is 0 Å². The Labute approximate surface area is 142 Å². The summed E-state index contributed by atoms with van der Waals surface area (Å²) < 4.78 is 12.9. The first-order chi connectivity index (χ1) is 11.7. The number of hydrogen-bond acceptors (Lipinski definition) is 4. The van der Waals surface area contributed by atoms with Gasteiger partial charge in [0, 0.05) is 32.1 Å². The van der Waals surface area contributed by atoms with Crippen molar-refractivity contribution in [3.63, 3.8) is 0 Å². The lowest BCUT2D eigenvalue weighted by atomic mass is 10.1. The van der Waals surface area contributed by atoms with E-state index in [0.717, 1.165) is 24.3 Å². The van der Waals surface area contributed by atoms with Gasteiger partial charge < -0.3 is 14.4 Å². The fraction of sp³-hybridized carbons (Fsp3) is 0.444. The van der Waals surface area contributed by atoms with E-state index < -0.39 is 0 Å². The average Bonchev–Trinajstić information content (AvgIpc) is 2.99. The Balaban J connectivity index is 1.59. The molecule has 2 heterocycles. The molecular formula is C18H23N3O3. The van der Waals surface area contributed by atoms with Crippen molar-refractivity contribution >= 4 is 5.91 Å². The van der Waals surface area contributed by atoms with Gasteiger partial charge in [0.05, 0.1) is 26.2 Å². The van der Waals surface area contributed by atoms with Gasteiger partial charge in [-0.05, 0) is 30.2 Å². The van der Waals surface area contributed by atoms with Gasteiger partial charge in [-0.25, -0.2) is 0 Å². The number of methoxy groups -OCH3 is 1. The molecule has 0 spiro atoms. The molecule has 1 aromatic heterocycles. The van der Waals surface area contributed by atoms with Crippen LogP contribution in [0.1, 0.15) is 12.0 Å². The molecule has 3 rings (SSSR count). The number of carbonyl (C=O) groups is 1. The molecule has 6 nitrogen and oxygen atoms in total. The molecule has 1 aromatic carbocycles. The quantitative estimate of drug-likeness (QED) is 0.839. The molecular weight excluding hydrogens is 306 g/mol. The van der Waals surface area contributed by atoms with Crippen molar-refractivity contribution in [2.75, 3.05) is 26.8 Å². The van der Waals surface area contributed by atoms with Crippen LogP contribution in [-0.4, -0.2) is 53.5 Å². The van der Waals surface area contributed by atoms with Crippen molar-refractivity contribution in [3.05, 3.63) is 48.3 Å². The van der Waals surface area contributed by atoms with E-state index in [9.17, 15) is 4.79 Å². The molecule has 2 aromatic rings. The Morgan fingerprint density at radius 3 is 2.92 bits per heavy atom. The van der Waals surface area contributed by atoms with E-state index in [1.165, 1.54) is 0 Å². The highest BCUT2D eigenvalue weighted by Crippen LogP contribution is 2.14.